The highest BCUT2D eigenvalue weighted by Crippen LogP contribution is 2.21. The third kappa shape index (κ3) is 1.97. The molecule has 66 valence electrons. The van der Waals surface area contributed by atoms with Gasteiger partial charge in [-0.25, -0.2) is 5.90 Å². The minimum absolute atomic E-state index is 0.410. The van der Waals surface area contributed by atoms with E-state index >= 15 is 0 Å². The lowest BCUT2D eigenvalue weighted by atomic mass is 10.1. The molecular weight excluding hydrogens is 174 g/mol. The Morgan fingerprint density at radius 3 is 2.67 bits per heavy atom. The van der Waals surface area contributed by atoms with Crippen LogP contribution >= 0.6 is 11.6 Å². The first-order valence-electron chi connectivity index (χ1n) is 3.72. The van der Waals surface area contributed by atoms with Crippen molar-refractivity contribution in [3.63, 3.8) is 0 Å². The first kappa shape index (κ1) is 9.52. The minimum atomic E-state index is 0.410. The Hall–Kier alpha value is -0.570. The molecular formula is C9H12ClNO. The fraction of sp³-hybridized carbons (Fsp3) is 0.333. The van der Waals surface area contributed by atoms with E-state index in [2.05, 4.69) is 4.84 Å². The van der Waals surface area contributed by atoms with Gasteiger partial charge in [0.25, 0.3) is 0 Å². The highest BCUT2D eigenvalue weighted by Gasteiger charge is 2.03. The maximum atomic E-state index is 5.96. The summed E-state index contributed by atoms with van der Waals surface area (Å²) >= 11 is 5.96. The normalized spacial score (nSPS) is 10.3. The average Bonchev–Trinajstić information content (AvgIpc) is 2.00. The third-order valence-electron chi connectivity index (χ3n) is 1.84. The van der Waals surface area contributed by atoms with Crippen molar-refractivity contribution in [2.75, 3.05) is 0 Å². The summed E-state index contributed by atoms with van der Waals surface area (Å²) in [7, 11) is 0. The molecule has 1 aromatic carbocycles. The molecule has 12 heavy (non-hydrogen) atoms. The molecule has 0 saturated carbocycles. The number of halogens is 1. The molecule has 0 aliphatic heterocycles. The van der Waals surface area contributed by atoms with Gasteiger partial charge in [0.15, 0.2) is 0 Å². The van der Waals surface area contributed by atoms with Crippen LogP contribution in [0.4, 0.5) is 0 Å². The van der Waals surface area contributed by atoms with Gasteiger partial charge in [0.05, 0.1) is 6.61 Å². The van der Waals surface area contributed by atoms with Crippen molar-refractivity contribution in [2.24, 2.45) is 5.90 Å². The van der Waals surface area contributed by atoms with E-state index in [1.807, 2.05) is 26.0 Å². The molecule has 0 amide bonds. The lowest BCUT2D eigenvalue weighted by Gasteiger charge is -2.07. The second-order valence-electron chi connectivity index (χ2n) is 2.84. The second-order valence-corrected chi connectivity index (χ2v) is 3.25. The van der Waals surface area contributed by atoms with Crippen LogP contribution in [0.2, 0.25) is 5.02 Å². The molecule has 0 heterocycles. The van der Waals surface area contributed by atoms with Gasteiger partial charge in [-0.15, -0.1) is 0 Å². The van der Waals surface area contributed by atoms with Crippen LogP contribution < -0.4 is 5.90 Å². The molecule has 0 bridgehead atoms. The zero-order valence-electron chi connectivity index (χ0n) is 7.23. The van der Waals surface area contributed by atoms with Crippen LogP contribution in [0.15, 0.2) is 12.1 Å². The summed E-state index contributed by atoms with van der Waals surface area (Å²) in [5, 5.41) is 0.766. The molecule has 1 aromatic rings. The zero-order chi connectivity index (χ0) is 9.14. The molecule has 3 heteroatoms. The number of nitrogens with two attached hydrogens (primary N) is 1. The monoisotopic (exact) mass is 185 g/mol. The predicted molar refractivity (Wildman–Crippen MR) is 49.9 cm³/mol. The summed E-state index contributed by atoms with van der Waals surface area (Å²) in [6, 6.07) is 3.95. The van der Waals surface area contributed by atoms with Crippen LogP contribution in [0.5, 0.6) is 0 Å². The fourth-order valence-electron chi connectivity index (χ4n) is 1.13. The summed E-state index contributed by atoms with van der Waals surface area (Å²) in [5.41, 5.74) is 3.20. The van der Waals surface area contributed by atoms with Gasteiger partial charge in [0.1, 0.15) is 0 Å². The van der Waals surface area contributed by atoms with Crippen molar-refractivity contribution in [1.29, 1.82) is 0 Å². The molecule has 0 atom stereocenters. The Balaban J connectivity index is 3.09. The number of benzene rings is 1. The molecule has 2 nitrogen and oxygen atoms in total. The molecule has 0 aliphatic rings. The van der Waals surface area contributed by atoms with Crippen molar-refractivity contribution in [3.8, 4) is 0 Å². The Labute approximate surface area is 77.2 Å². The second kappa shape index (κ2) is 3.90. The zero-order valence-corrected chi connectivity index (χ0v) is 7.98. The van der Waals surface area contributed by atoms with E-state index in [9.17, 15) is 0 Å². The summed E-state index contributed by atoms with van der Waals surface area (Å²) < 4.78 is 0. The standard InChI is InChI=1S/C9H12ClNO/c1-6-3-8(5-12-11)7(2)9(10)4-6/h3-4H,5,11H2,1-2H3. The van der Waals surface area contributed by atoms with E-state index < -0.39 is 0 Å². The van der Waals surface area contributed by atoms with Crippen LogP contribution in [-0.4, -0.2) is 0 Å². The van der Waals surface area contributed by atoms with Gasteiger partial charge >= 0.3 is 0 Å². The lowest BCUT2D eigenvalue weighted by molar-refractivity contribution is 0.123. The third-order valence-corrected chi connectivity index (χ3v) is 2.23. The first-order valence-corrected chi connectivity index (χ1v) is 4.10. The molecule has 0 aromatic heterocycles. The molecule has 0 aliphatic carbocycles. The van der Waals surface area contributed by atoms with Gasteiger partial charge in [-0.3, -0.25) is 4.84 Å². The summed E-state index contributed by atoms with van der Waals surface area (Å²) in [4.78, 5) is 4.56. The van der Waals surface area contributed by atoms with Gasteiger partial charge in [-0.1, -0.05) is 17.7 Å². The molecule has 0 spiro atoms. The van der Waals surface area contributed by atoms with Crippen LogP contribution in [0, 0.1) is 13.8 Å². The lowest BCUT2D eigenvalue weighted by Crippen LogP contribution is -2.01. The Bertz CT molecular complexity index is 286. The van der Waals surface area contributed by atoms with Crippen molar-refractivity contribution in [3.05, 3.63) is 33.8 Å². The van der Waals surface area contributed by atoms with Crippen LogP contribution in [0.3, 0.4) is 0 Å². The topological polar surface area (TPSA) is 35.2 Å². The Morgan fingerprint density at radius 2 is 2.08 bits per heavy atom. The van der Waals surface area contributed by atoms with Gasteiger partial charge in [-0.2, -0.15) is 0 Å². The van der Waals surface area contributed by atoms with E-state index in [-0.39, 0.29) is 0 Å². The first-order chi connectivity index (χ1) is 5.65. The van der Waals surface area contributed by atoms with Crippen LogP contribution in [0.1, 0.15) is 16.7 Å². The van der Waals surface area contributed by atoms with Gasteiger partial charge in [0, 0.05) is 5.02 Å². The van der Waals surface area contributed by atoms with E-state index in [4.69, 9.17) is 17.5 Å². The van der Waals surface area contributed by atoms with Gasteiger partial charge in [0.2, 0.25) is 0 Å². The molecule has 1 rings (SSSR count). The number of hydrogen-bond acceptors (Lipinski definition) is 2. The average molecular weight is 186 g/mol. The summed E-state index contributed by atoms with van der Waals surface area (Å²) in [5.74, 6) is 4.99. The SMILES string of the molecule is Cc1cc(Cl)c(C)c(CON)c1. The Kier molecular flexibility index (Phi) is 3.09. The maximum absolute atomic E-state index is 5.96. The van der Waals surface area contributed by atoms with Crippen molar-refractivity contribution < 1.29 is 4.84 Å². The molecule has 0 unspecified atom stereocenters. The number of hydrogen-bond donors (Lipinski definition) is 1. The van der Waals surface area contributed by atoms with Crippen molar-refractivity contribution in [1.82, 2.24) is 0 Å². The van der Waals surface area contributed by atoms with E-state index in [1.54, 1.807) is 0 Å². The van der Waals surface area contributed by atoms with E-state index in [0.717, 1.165) is 21.7 Å². The molecule has 2 N–H and O–H groups in total. The number of aryl methyl sites for hydroxylation is 1. The molecule has 0 radical (unpaired) electrons. The molecule has 0 saturated heterocycles. The highest BCUT2D eigenvalue weighted by molar-refractivity contribution is 6.31. The largest absolute Gasteiger partial charge is 0.300 e. The van der Waals surface area contributed by atoms with Crippen molar-refractivity contribution in [2.45, 2.75) is 20.5 Å². The van der Waals surface area contributed by atoms with Crippen LogP contribution in [-0.2, 0) is 11.4 Å². The van der Waals surface area contributed by atoms with Crippen LogP contribution in [0.25, 0.3) is 0 Å². The maximum Gasteiger partial charge on any atom is 0.0933 e. The highest BCUT2D eigenvalue weighted by atomic mass is 35.5. The quantitative estimate of drug-likeness (QED) is 0.718. The Morgan fingerprint density at radius 1 is 1.42 bits per heavy atom. The predicted octanol–water partition coefficient (Wildman–Crippen LogP) is 2.35. The summed E-state index contributed by atoms with van der Waals surface area (Å²) in [6.45, 7) is 4.36. The van der Waals surface area contributed by atoms with Gasteiger partial charge < -0.3 is 0 Å². The van der Waals surface area contributed by atoms with E-state index in [0.29, 0.717) is 6.61 Å². The van der Waals surface area contributed by atoms with Crippen molar-refractivity contribution >= 4 is 11.6 Å². The molecule has 0 fully saturated rings. The minimum Gasteiger partial charge on any atom is -0.300 e. The number of rotatable bonds is 2. The smallest absolute Gasteiger partial charge is 0.0933 e. The van der Waals surface area contributed by atoms with Gasteiger partial charge in [-0.05, 0) is 36.6 Å². The van der Waals surface area contributed by atoms with E-state index in [1.165, 1.54) is 0 Å². The fourth-order valence-corrected chi connectivity index (χ4v) is 1.42. The summed E-state index contributed by atoms with van der Waals surface area (Å²) in [6.07, 6.45) is 0.